The Morgan fingerprint density at radius 3 is 2.81 bits per heavy atom. The minimum Gasteiger partial charge on any atom is -0.478 e. The lowest BCUT2D eigenvalue weighted by Gasteiger charge is -2.11. The van der Waals surface area contributed by atoms with Crippen LogP contribution in [0.15, 0.2) is 34.8 Å². The van der Waals surface area contributed by atoms with Gasteiger partial charge in [0.25, 0.3) is 0 Å². The van der Waals surface area contributed by atoms with Crippen molar-refractivity contribution in [1.82, 2.24) is 4.98 Å². The van der Waals surface area contributed by atoms with E-state index in [9.17, 15) is 9.90 Å². The highest BCUT2D eigenvalue weighted by molar-refractivity contribution is 9.10. The van der Waals surface area contributed by atoms with E-state index in [0.29, 0.717) is 5.82 Å². The van der Waals surface area contributed by atoms with Gasteiger partial charge in [-0.3, -0.25) is 0 Å². The van der Waals surface area contributed by atoms with E-state index < -0.39 is 5.97 Å². The van der Waals surface area contributed by atoms with Crippen LogP contribution in [0.25, 0.3) is 0 Å². The van der Waals surface area contributed by atoms with Gasteiger partial charge in [-0.05, 0) is 53.0 Å². The predicted molar refractivity (Wildman–Crippen MR) is 87.4 cm³/mol. The van der Waals surface area contributed by atoms with Gasteiger partial charge in [0.15, 0.2) is 0 Å². The Hall–Kier alpha value is -1.88. The first-order chi connectivity index (χ1) is 10.0. The molecule has 0 bridgehead atoms. The fraction of sp³-hybridized carbons (Fsp3) is 0.250. The minimum absolute atomic E-state index is 0.250. The number of halogens is 1. The van der Waals surface area contributed by atoms with Crippen molar-refractivity contribution in [3.63, 3.8) is 0 Å². The monoisotopic (exact) mass is 348 g/mol. The summed E-state index contributed by atoms with van der Waals surface area (Å²) in [5, 5.41) is 12.4. The van der Waals surface area contributed by atoms with Crippen molar-refractivity contribution in [3.05, 3.63) is 51.6 Å². The number of benzene rings is 1. The van der Waals surface area contributed by atoms with E-state index in [-0.39, 0.29) is 5.56 Å². The summed E-state index contributed by atoms with van der Waals surface area (Å²) in [5.74, 6) is -0.397. The average Bonchev–Trinajstić information content (AvgIpc) is 2.44. The molecule has 4 nitrogen and oxygen atoms in total. The van der Waals surface area contributed by atoms with Crippen LogP contribution in [0.5, 0.6) is 0 Å². The molecule has 0 saturated heterocycles. The fourth-order valence-corrected chi connectivity index (χ4v) is 2.40. The molecule has 2 rings (SSSR count). The molecule has 2 aromatic rings. The van der Waals surface area contributed by atoms with Gasteiger partial charge in [-0.1, -0.05) is 25.5 Å². The van der Waals surface area contributed by atoms with Crippen molar-refractivity contribution in [3.8, 4) is 0 Å². The van der Waals surface area contributed by atoms with Gasteiger partial charge in [0.1, 0.15) is 5.82 Å². The molecule has 5 heteroatoms. The summed E-state index contributed by atoms with van der Waals surface area (Å²) in [6.07, 6.45) is 1.68. The quantitative estimate of drug-likeness (QED) is 0.832. The van der Waals surface area contributed by atoms with Gasteiger partial charge >= 0.3 is 5.97 Å². The van der Waals surface area contributed by atoms with E-state index in [1.165, 1.54) is 0 Å². The predicted octanol–water partition coefficient (Wildman–Crippen LogP) is 4.55. The number of anilines is 2. The molecule has 0 spiro atoms. The number of aromatic carboxylic acids is 1. The number of aromatic nitrogens is 1. The van der Waals surface area contributed by atoms with Gasteiger partial charge in [0, 0.05) is 10.2 Å². The first-order valence-corrected chi connectivity index (χ1v) is 7.57. The fourth-order valence-electron chi connectivity index (χ4n) is 2.04. The number of carboxylic acids is 1. The zero-order chi connectivity index (χ0) is 15.4. The first kappa shape index (κ1) is 15.5. The maximum Gasteiger partial charge on any atom is 0.335 e. The molecule has 1 aromatic heterocycles. The number of hydrogen-bond donors (Lipinski definition) is 2. The van der Waals surface area contributed by atoms with E-state index in [0.717, 1.165) is 34.3 Å². The Kier molecular flexibility index (Phi) is 4.96. The molecule has 110 valence electrons. The maximum atomic E-state index is 11.2. The van der Waals surface area contributed by atoms with E-state index >= 15 is 0 Å². The standard InChI is InChI=1S/C16H17BrN2O2/c1-3-5-12-8-11(16(20)21)9-14(18-12)19-13-7-4-6-10(2)15(13)17/h4,6-9H,3,5H2,1-2H3,(H,18,19)(H,20,21). The zero-order valence-corrected chi connectivity index (χ0v) is 13.6. The van der Waals surface area contributed by atoms with E-state index in [4.69, 9.17) is 0 Å². The molecule has 21 heavy (non-hydrogen) atoms. The van der Waals surface area contributed by atoms with Gasteiger partial charge in [0.05, 0.1) is 11.3 Å². The van der Waals surface area contributed by atoms with Crippen LogP contribution in [0.1, 0.15) is 35.0 Å². The molecule has 0 aliphatic rings. The molecule has 0 aliphatic carbocycles. The van der Waals surface area contributed by atoms with Crippen LogP contribution in [0.3, 0.4) is 0 Å². The SMILES string of the molecule is CCCc1cc(C(=O)O)cc(Nc2cccc(C)c2Br)n1. The average molecular weight is 349 g/mol. The molecule has 0 fully saturated rings. The molecule has 2 N–H and O–H groups in total. The van der Waals surface area contributed by atoms with Crippen molar-refractivity contribution in [1.29, 1.82) is 0 Å². The largest absolute Gasteiger partial charge is 0.478 e. The van der Waals surface area contributed by atoms with Gasteiger partial charge in [-0.2, -0.15) is 0 Å². The van der Waals surface area contributed by atoms with Crippen molar-refractivity contribution in [2.75, 3.05) is 5.32 Å². The summed E-state index contributed by atoms with van der Waals surface area (Å²) < 4.78 is 0.949. The summed E-state index contributed by atoms with van der Waals surface area (Å²) in [5.41, 5.74) is 3.00. The van der Waals surface area contributed by atoms with Gasteiger partial charge in [0.2, 0.25) is 0 Å². The van der Waals surface area contributed by atoms with Crippen molar-refractivity contribution in [2.24, 2.45) is 0 Å². The number of carbonyl (C=O) groups is 1. The van der Waals surface area contributed by atoms with Crippen LogP contribution >= 0.6 is 15.9 Å². The summed E-state index contributed by atoms with van der Waals surface area (Å²) in [7, 11) is 0. The van der Waals surface area contributed by atoms with Crippen LogP contribution in [0.4, 0.5) is 11.5 Å². The summed E-state index contributed by atoms with van der Waals surface area (Å²) >= 11 is 3.53. The number of rotatable bonds is 5. The second-order valence-corrected chi connectivity index (χ2v) is 5.64. The lowest BCUT2D eigenvalue weighted by atomic mass is 10.1. The van der Waals surface area contributed by atoms with Gasteiger partial charge in [-0.15, -0.1) is 0 Å². The summed E-state index contributed by atoms with van der Waals surface area (Å²) in [4.78, 5) is 15.7. The van der Waals surface area contributed by atoms with E-state index in [2.05, 4.69) is 26.2 Å². The molecule has 1 heterocycles. The summed E-state index contributed by atoms with van der Waals surface area (Å²) in [6.45, 7) is 4.04. The van der Waals surface area contributed by atoms with Gasteiger partial charge < -0.3 is 10.4 Å². The normalized spacial score (nSPS) is 10.4. The maximum absolute atomic E-state index is 11.2. The van der Waals surface area contributed by atoms with E-state index in [1.54, 1.807) is 12.1 Å². The topological polar surface area (TPSA) is 62.2 Å². The third-order valence-corrected chi connectivity index (χ3v) is 4.14. The van der Waals surface area contributed by atoms with Crippen molar-refractivity contribution < 1.29 is 9.90 Å². The Morgan fingerprint density at radius 1 is 1.38 bits per heavy atom. The van der Waals surface area contributed by atoms with Crippen LogP contribution in [0.2, 0.25) is 0 Å². The van der Waals surface area contributed by atoms with E-state index in [1.807, 2.05) is 32.0 Å². The Balaban J connectivity index is 2.38. The van der Waals surface area contributed by atoms with Crippen LogP contribution in [-0.2, 0) is 6.42 Å². The highest BCUT2D eigenvalue weighted by atomic mass is 79.9. The number of hydrogen-bond acceptors (Lipinski definition) is 3. The highest BCUT2D eigenvalue weighted by Gasteiger charge is 2.10. The Labute approximate surface area is 132 Å². The molecule has 1 aromatic carbocycles. The van der Waals surface area contributed by atoms with Crippen LogP contribution in [-0.4, -0.2) is 16.1 Å². The molecule has 0 radical (unpaired) electrons. The van der Waals surface area contributed by atoms with Crippen molar-refractivity contribution >= 4 is 33.4 Å². The Morgan fingerprint density at radius 2 is 2.14 bits per heavy atom. The number of nitrogens with zero attached hydrogens (tertiary/aromatic N) is 1. The molecule has 0 amide bonds. The lowest BCUT2D eigenvalue weighted by molar-refractivity contribution is 0.0696. The smallest absolute Gasteiger partial charge is 0.335 e. The second-order valence-electron chi connectivity index (χ2n) is 4.85. The first-order valence-electron chi connectivity index (χ1n) is 6.77. The summed E-state index contributed by atoms with van der Waals surface area (Å²) in [6, 6.07) is 9.04. The third-order valence-electron chi connectivity index (χ3n) is 3.09. The molecule has 0 aliphatic heterocycles. The molecular weight excluding hydrogens is 332 g/mol. The lowest BCUT2D eigenvalue weighted by Crippen LogP contribution is -2.04. The third kappa shape index (κ3) is 3.82. The second kappa shape index (κ2) is 6.72. The Bertz CT molecular complexity index is 671. The number of carboxylic acid groups (broad SMARTS) is 1. The van der Waals surface area contributed by atoms with Crippen LogP contribution in [0, 0.1) is 6.92 Å². The molecular formula is C16H17BrN2O2. The highest BCUT2D eigenvalue weighted by Crippen LogP contribution is 2.28. The number of aryl methyl sites for hydroxylation is 2. The molecule has 0 atom stereocenters. The van der Waals surface area contributed by atoms with Gasteiger partial charge in [-0.25, -0.2) is 9.78 Å². The number of nitrogens with one attached hydrogen (secondary N) is 1. The number of pyridine rings is 1. The van der Waals surface area contributed by atoms with Crippen molar-refractivity contribution in [2.45, 2.75) is 26.7 Å². The minimum atomic E-state index is -0.943. The molecule has 0 saturated carbocycles. The molecule has 0 unspecified atom stereocenters. The van der Waals surface area contributed by atoms with Crippen LogP contribution < -0.4 is 5.32 Å². The zero-order valence-electron chi connectivity index (χ0n) is 12.0.